The van der Waals surface area contributed by atoms with Crippen molar-refractivity contribution in [3.8, 4) is 0 Å². The van der Waals surface area contributed by atoms with Crippen LogP contribution >= 0.6 is 0 Å². The van der Waals surface area contributed by atoms with Crippen LogP contribution in [0.25, 0.3) is 0 Å². The van der Waals surface area contributed by atoms with Gasteiger partial charge in [-0.15, -0.1) is 0 Å². The van der Waals surface area contributed by atoms with Gasteiger partial charge in [0.2, 0.25) is 0 Å². The Kier molecular flexibility index (Phi) is 4.98. The largest absolute Gasteiger partial charge is 0.329 e. The minimum atomic E-state index is -0.828. The number of carbonyl (C=O) groups is 2. The van der Waals surface area contributed by atoms with Crippen molar-refractivity contribution in [1.82, 2.24) is 10.4 Å². The van der Waals surface area contributed by atoms with Crippen LogP contribution in [0.2, 0.25) is 0 Å². The van der Waals surface area contributed by atoms with Crippen molar-refractivity contribution in [2.45, 2.75) is 13.8 Å². The lowest BCUT2D eigenvalue weighted by Crippen LogP contribution is -2.32. The van der Waals surface area contributed by atoms with Crippen LogP contribution in [-0.4, -0.2) is 23.0 Å². The third-order valence-electron chi connectivity index (χ3n) is 2.93. The lowest BCUT2D eigenvalue weighted by Gasteiger charge is -2.08. The Morgan fingerprint density at radius 1 is 1.09 bits per heavy atom. The molecule has 0 saturated heterocycles. The number of nitrogens with one attached hydrogen (secondary N) is 2. The lowest BCUT2D eigenvalue weighted by atomic mass is 10.1. The molecular weight excluding hydrogens is 280 g/mol. The molecule has 0 unspecified atom stereocenters. The van der Waals surface area contributed by atoms with Gasteiger partial charge in [0.05, 0.1) is 6.21 Å². The molecule has 2 N–H and O–H groups in total. The number of rotatable bonds is 3. The Labute approximate surface area is 128 Å². The quantitative estimate of drug-likeness (QED) is 0.514. The molecule has 0 aliphatic rings. The topological polar surface area (TPSA) is 83.5 Å². The normalized spacial score (nSPS) is 10.5. The number of benzene rings is 1. The molecule has 0 aliphatic carbocycles. The Morgan fingerprint density at radius 3 is 2.55 bits per heavy atom. The number of hydrogen-bond donors (Lipinski definition) is 2. The summed E-state index contributed by atoms with van der Waals surface area (Å²) in [5.41, 5.74) is 5.44. The Bertz CT molecular complexity index is 711. The Hall–Kier alpha value is -3.02. The summed E-state index contributed by atoms with van der Waals surface area (Å²) in [6, 6.07) is 9.08. The van der Waals surface area contributed by atoms with Gasteiger partial charge in [-0.2, -0.15) is 5.10 Å². The van der Waals surface area contributed by atoms with Crippen molar-refractivity contribution in [3.05, 3.63) is 59.4 Å². The van der Waals surface area contributed by atoms with Crippen LogP contribution in [0.4, 0.5) is 5.69 Å². The van der Waals surface area contributed by atoms with Crippen LogP contribution in [0.5, 0.6) is 0 Å². The van der Waals surface area contributed by atoms with E-state index in [-0.39, 0.29) is 0 Å². The van der Waals surface area contributed by atoms with Crippen LogP contribution in [0.1, 0.15) is 16.7 Å². The molecule has 0 atom stereocenters. The summed E-state index contributed by atoms with van der Waals surface area (Å²) in [5.74, 6) is -1.59. The van der Waals surface area contributed by atoms with Gasteiger partial charge in [-0.1, -0.05) is 12.1 Å². The van der Waals surface area contributed by atoms with Crippen LogP contribution < -0.4 is 10.7 Å². The van der Waals surface area contributed by atoms with Gasteiger partial charge < -0.3 is 5.32 Å². The summed E-state index contributed by atoms with van der Waals surface area (Å²) in [6.45, 7) is 3.77. The number of hydrogen-bond acceptors (Lipinski definition) is 4. The zero-order valence-electron chi connectivity index (χ0n) is 12.3. The maximum Gasteiger partial charge on any atom is 0.329 e. The highest BCUT2D eigenvalue weighted by atomic mass is 16.2. The van der Waals surface area contributed by atoms with Gasteiger partial charge in [0.25, 0.3) is 0 Å². The Balaban J connectivity index is 1.94. The fourth-order valence-corrected chi connectivity index (χ4v) is 1.72. The molecule has 0 spiro atoms. The number of nitrogens with zero attached hydrogens (tertiary/aromatic N) is 2. The molecule has 0 saturated carbocycles. The number of aryl methyl sites for hydroxylation is 2. The molecule has 1 aromatic carbocycles. The maximum absolute atomic E-state index is 11.8. The van der Waals surface area contributed by atoms with E-state index in [2.05, 4.69) is 20.8 Å². The second-order valence-corrected chi connectivity index (χ2v) is 4.75. The summed E-state index contributed by atoms with van der Waals surface area (Å²) >= 11 is 0. The van der Waals surface area contributed by atoms with E-state index in [0.29, 0.717) is 5.69 Å². The molecule has 0 aliphatic heterocycles. The van der Waals surface area contributed by atoms with Crippen LogP contribution in [0, 0.1) is 13.8 Å². The summed E-state index contributed by atoms with van der Waals surface area (Å²) in [6.07, 6.45) is 4.65. The third kappa shape index (κ3) is 4.24. The molecule has 1 heterocycles. The number of amides is 2. The van der Waals surface area contributed by atoms with E-state index in [0.717, 1.165) is 16.7 Å². The van der Waals surface area contributed by atoms with E-state index >= 15 is 0 Å². The van der Waals surface area contributed by atoms with Crippen LogP contribution in [0.15, 0.2) is 47.8 Å². The fourth-order valence-electron chi connectivity index (χ4n) is 1.72. The minimum absolute atomic E-state index is 0.610. The average molecular weight is 296 g/mol. The van der Waals surface area contributed by atoms with Crippen LogP contribution in [0.3, 0.4) is 0 Å². The van der Waals surface area contributed by atoms with E-state index in [4.69, 9.17) is 0 Å². The molecule has 0 radical (unpaired) electrons. The first-order valence-corrected chi connectivity index (χ1v) is 6.68. The summed E-state index contributed by atoms with van der Waals surface area (Å²) < 4.78 is 0. The van der Waals surface area contributed by atoms with Crippen LogP contribution in [-0.2, 0) is 9.59 Å². The predicted octanol–water partition coefficient (Wildman–Crippen LogP) is 1.79. The summed E-state index contributed by atoms with van der Waals surface area (Å²) in [4.78, 5) is 27.4. The smallest absolute Gasteiger partial charge is 0.317 e. The van der Waals surface area contributed by atoms with E-state index in [9.17, 15) is 9.59 Å². The first kappa shape index (κ1) is 15.4. The molecule has 112 valence electrons. The molecule has 0 bridgehead atoms. The van der Waals surface area contributed by atoms with Crippen molar-refractivity contribution >= 4 is 23.7 Å². The van der Waals surface area contributed by atoms with Gasteiger partial charge >= 0.3 is 11.8 Å². The highest BCUT2D eigenvalue weighted by Crippen LogP contribution is 2.15. The van der Waals surface area contributed by atoms with Gasteiger partial charge in [-0.25, -0.2) is 5.43 Å². The maximum atomic E-state index is 11.8. The van der Waals surface area contributed by atoms with Gasteiger partial charge in [-0.05, 0) is 48.7 Å². The van der Waals surface area contributed by atoms with Crippen molar-refractivity contribution in [1.29, 1.82) is 0 Å². The summed E-state index contributed by atoms with van der Waals surface area (Å²) in [5, 5.41) is 6.30. The lowest BCUT2D eigenvalue weighted by molar-refractivity contribution is -0.136. The molecule has 2 amide bonds. The Morgan fingerprint density at radius 2 is 1.82 bits per heavy atom. The molecule has 1 aromatic heterocycles. The standard InChI is InChI=1S/C16H16N4O2/c1-11-3-4-12(2)14(9-11)19-15(21)16(22)20-18-10-13-5-7-17-8-6-13/h3-10H,1-2H3,(H,19,21)(H,20,22)/b18-10-. The highest BCUT2D eigenvalue weighted by molar-refractivity contribution is 6.39. The monoisotopic (exact) mass is 296 g/mol. The van der Waals surface area contributed by atoms with Crippen molar-refractivity contribution in [2.75, 3.05) is 5.32 Å². The van der Waals surface area contributed by atoms with Gasteiger partial charge in [-0.3, -0.25) is 14.6 Å². The second kappa shape index (κ2) is 7.12. The highest BCUT2D eigenvalue weighted by Gasteiger charge is 2.13. The molecule has 22 heavy (non-hydrogen) atoms. The first-order chi connectivity index (χ1) is 10.6. The number of anilines is 1. The van der Waals surface area contributed by atoms with E-state index < -0.39 is 11.8 Å². The van der Waals surface area contributed by atoms with Crippen molar-refractivity contribution < 1.29 is 9.59 Å². The molecular formula is C16H16N4O2. The second-order valence-electron chi connectivity index (χ2n) is 4.75. The summed E-state index contributed by atoms with van der Waals surface area (Å²) in [7, 11) is 0. The molecule has 6 nitrogen and oxygen atoms in total. The van der Waals surface area contributed by atoms with Crippen molar-refractivity contribution in [2.24, 2.45) is 5.10 Å². The zero-order valence-corrected chi connectivity index (χ0v) is 12.3. The SMILES string of the molecule is Cc1ccc(C)c(NC(=O)C(=O)N/N=C\c2ccncc2)c1. The molecule has 2 aromatic rings. The van der Waals surface area contributed by atoms with Crippen molar-refractivity contribution in [3.63, 3.8) is 0 Å². The first-order valence-electron chi connectivity index (χ1n) is 6.68. The number of pyridine rings is 1. The molecule has 6 heteroatoms. The van der Waals surface area contributed by atoms with E-state index in [1.807, 2.05) is 26.0 Å². The number of hydrazone groups is 1. The van der Waals surface area contributed by atoms with E-state index in [1.165, 1.54) is 6.21 Å². The van der Waals surface area contributed by atoms with Gasteiger partial charge in [0, 0.05) is 18.1 Å². The van der Waals surface area contributed by atoms with Gasteiger partial charge in [0.1, 0.15) is 0 Å². The fraction of sp³-hybridized carbons (Fsp3) is 0.125. The molecule has 0 fully saturated rings. The minimum Gasteiger partial charge on any atom is -0.317 e. The molecule has 2 rings (SSSR count). The average Bonchev–Trinajstić information content (AvgIpc) is 2.52. The van der Waals surface area contributed by atoms with Gasteiger partial charge in [0.15, 0.2) is 0 Å². The predicted molar refractivity (Wildman–Crippen MR) is 84.5 cm³/mol. The zero-order chi connectivity index (χ0) is 15.9. The third-order valence-corrected chi connectivity index (χ3v) is 2.93. The number of aromatic nitrogens is 1. The number of carbonyl (C=O) groups excluding carboxylic acids is 2. The van der Waals surface area contributed by atoms with E-state index in [1.54, 1.807) is 30.6 Å².